The fourth-order valence-corrected chi connectivity index (χ4v) is 2.54. The standard InChI is InChI=1S/C17H11N3O2/c21-17(22)12-7-10-5-6-14-16(15(10)18-9-12)19-8-11-3-1-2-4-13(11)20-14/h1-9,20H,(H,21,22). The Morgan fingerprint density at radius 3 is 2.82 bits per heavy atom. The molecule has 2 N–H and O–H groups in total. The third-order valence-electron chi connectivity index (χ3n) is 3.64. The Balaban J connectivity index is 1.94. The number of carboxylic acid groups (broad SMARTS) is 1. The van der Waals surface area contributed by atoms with Gasteiger partial charge in [-0.25, -0.2) is 4.79 Å². The monoisotopic (exact) mass is 289 g/mol. The summed E-state index contributed by atoms with van der Waals surface area (Å²) in [5.74, 6) is -0.988. The van der Waals surface area contributed by atoms with E-state index in [1.165, 1.54) is 6.20 Å². The van der Waals surface area contributed by atoms with E-state index in [1.54, 1.807) is 12.3 Å². The molecule has 4 rings (SSSR count). The largest absolute Gasteiger partial charge is 0.478 e. The highest BCUT2D eigenvalue weighted by atomic mass is 16.4. The molecule has 5 heteroatoms. The highest BCUT2D eigenvalue weighted by Gasteiger charge is 2.14. The number of nitrogens with zero attached hydrogens (tertiary/aromatic N) is 2. The van der Waals surface area contributed by atoms with Crippen molar-refractivity contribution in [1.82, 2.24) is 4.98 Å². The summed E-state index contributed by atoms with van der Waals surface area (Å²) in [7, 11) is 0. The number of aliphatic imine (C=N–C) groups is 1. The lowest BCUT2D eigenvalue weighted by Crippen LogP contribution is -1.97. The van der Waals surface area contributed by atoms with Crippen LogP contribution in [0.15, 0.2) is 53.7 Å². The lowest BCUT2D eigenvalue weighted by Gasteiger charge is -2.10. The Bertz CT molecular complexity index is 948. The Labute approximate surface area is 126 Å². The summed E-state index contributed by atoms with van der Waals surface area (Å²) in [6.07, 6.45) is 3.15. The first kappa shape index (κ1) is 12.5. The van der Waals surface area contributed by atoms with Gasteiger partial charge in [-0.3, -0.25) is 9.98 Å². The van der Waals surface area contributed by atoms with Crippen LogP contribution in [0.2, 0.25) is 0 Å². The third-order valence-corrected chi connectivity index (χ3v) is 3.64. The average molecular weight is 289 g/mol. The van der Waals surface area contributed by atoms with Crippen molar-refractivity contribution in [2.75, 3.05) is 5.32 Å². The van der Waals surface area contributed by atoms with Crippen molar-refractivity contribution >= 4 is 40.1 Å². The Kier molecular flexibility index (Phi) is 2.66. The van der Waals surface area contributed by atoms with Crippen molar-refractivity contribution in [1.29, 1.82) is 0 Å². The third kappa shape index (κ3) is 1.91. The van der Waals surface area contributed by atoms with E-state index in [2.05, 4.69) is 15.3 Å². The number of benzene rings is 2. The average Bonchev–Trinajstić information content (AvgIpc) is 2.73. The molecule has 0 spiro atoms. The molecule has 1 aliphatic heterocycles. The van der Waals surface area contributed by atoms with Crippen molar-refractivity contribution in [3.8, 4) is 0 Å². The molecular formula is C17H11N3O2. The molecule has 22 heavy (non-hydrogen) atoms. The molecule has 0 bridgehead atoms. The van der Waals surface area contributed by atoms with Crippen LogP contribution in [0.3, 0.4) is 0 Å². The van der Waals surface area contributed by atoms with Crippen LogP contribution < -0.4 is 5.32 Å². The van der Waals surface area contributed by atoms with Crippen molar-refractivity contribution in [2.24, 2.45) is 4.99 Å². The van der Waals surface area contributed by atoms with Gasteiger partial charge in [0.25, 0.3) is 0 Å². The topological polar surface area (TPSA) is 74.6 Å². The van der Waals surface area contributed by atoms with Crippen LogP contribution in [0.5, 0.6) is 0 Å². The van der Waals surface area contributed by atoms with Gasteiger partial charge in [0.1, 0.15) is 5.69 Å². The van der Waals surface area contributed by atoms with Crippen LogP contribution in [0, 0.1) is 0 Å². The molecule has 0 atom stereocenters. The Morgan fingerprint density at radius 1 is 1.09 bits per heavy atom. The van der Waals surface area contributed by atoms with Gasteiger partial charge in [-0.2, -0.15) is 0 Å². The predicted octanol–water partition coefficient (Wildman–Crippen LogP) is 3.74. The molecule has 3 aromatic rings. The number of hydrogen-bond donors (Lipinski definition) is 2. The first-order valence-electron chi connectivity index (χ1n) is 6.78. The van der Waals surface area contributed by atoms with E-state index in [-0.39, 0.29) is 5.56 Å². The van der Waals surface area contributed by atoms with E-state index in [0.29, 0.717) is 11.2 Å². The molecule has 0 saturated heterocycles. The van der Waals surface area contributed by atoms with Crippen LogP contribution >= 0.6 is 0 Å². The van der Waals surface area contributed by atoms with E-state index in [4.69, 9.17) is 5.11 Å². The van der Waals surface area contributed by atoms with Crippen molar-refractivity contribution in [3.63, 3.8) is 0 Å². The number of para-hydroxylation sites is 1. The second-order valence-electron chi connectivity index (χ2n) is 5.03. The summed E-state index contributed by atoms with van der Waals surface area (Å²) in [6.45, 7) is 0. The minimum Gasteiger partial charge on any atom is -0.478 e. The molecule has 0 aliphatic carbocycles. The SMILES string of the molecule is O=C(O)c1cnc2c3c(ccc2c1)Nc1ccccc1C=N3. The quantitative estimate of drug-likeness (QED) is 0.559. The van der Waals surface area contributed by atoms with Crippen LogP contribution in [0.4, 0.5) is 17.1 Å². The fraction of sp³-hybridized carbons (Fsp3) is 0. The van der Waals surface area contributed by atoms with Crippen LogP contribution in [0.1, 0.15) is 15.9 Å². The zero-order valence-electron chi connectivity index (χ0n) is 11.4. The van der Waals surface area contributed by atoms with Gasteiger partial charge in [-0.05, 0) is 18.2 Å². The summed E-state index contributed by atoms with van der Waals surface area (Å²) in [4.78, 5) is 19.9. The molecule has 0 saturated carbocycles. The normalized spacial score (nSPS) is 12.2. The molecule has 1 aromatic heterocycles. The second kappa shape index (κ2) is 4.66. The zero-order valence-corrected chi connectivity index (χ0v) is 11.4. The van der Waals surface area contributed by atoms with Crippen LogP contribution in [-0.4, -0.2) is 22.3 Å². The Morgan fingerprint density at radius 2 is 1.95 bits per heavy atom. The van der Waals surface area contributed by atoms with Crippen molar-refractivity contribution < 1.29 is 9.90 Å². The minimum atomic E-state index is -0.988. The molecule has 2 heterocycles. The van der Waals surface area contributed by atoms with E-state index in [1.807, 2.05) is 36.4 Å². The molecular weight excluding hydrogens is 278 g/mol. The molecule has 5 nitrogen and oxygen atoms in total. The van der Waals surface area contributed by atoms with Gasteiger partial charge in [-0.15, -0.1) is 0 Å². The molecule has 2 aromatic carbocycles. The number of fused-ring (bicyclic) bond motifs is 4. The van der Waals surface area contributed by atoms with Gasteiger partial charge < -0.3 is 10.4 Å². The number of hydrogen-bond acceptors (Lipinski definition) is 4. The van der Waals surface area contributed by atoms with Crippen molar-refractivity contribution in [3.05, 3.63) is 59.8 Å². The first-order chi connectivity index (χ1) is 10.7. The van der Waals surface area contributed by atoms with Gasteiger partial charge in [0, 0.05) is 29.0 Å². The van der Waals surface area contributed by atoms with Gasteiger partial charge in [0.2, 0.25) is 0 Å². The van der Waals surface area contributed by atoms with E-state index in [0.717, 1.165) is 22.3 Å². The minimum absolute atomic E-state index is 0.168. The number of anilines is 2. The summed E-state index contributed by atoms with van der Waals surface area (Å²) in [5.41, 5.74) is 4.38. The summed E-state index contributed by atoms with van der Waals surface area (Å²) in [5, 5.41) is 13.2. The number of rotatable bonds is 1. The maximum Gasteiger partial charge on any atom is 0.337 e. The summed E-state index contributed by atoms with van der Waals surface area (Å²) < 4.78 is 0. The molecule has 0 radical (unpaired) electrons. The Hall–Kier alpha value is -3.21. The van der Waals surface area contributed by atoms with Crippen molar-refractivity contribution in [2.45, 2.75) is 0 Å². The van der Waals surface area contributed by atoms with E-state index >= 15 is 0 Å². The van der Waals surface area contributed by atoms with Gasteiger partial charge in [0.05, 0.1) is 16.8 Å². The zero-order chi connectivity index (χ0) is 15.1. The second-order valence-corrected chi connectivity index (χ2v) is 5.03. The maximum atomic E-state index is 11.1. The number of aromatic carboxylic acids is 1. The molecule has 0 fully saturated rings. The lowest BCUT2D eigenvalue weighted by molar-refractivity contribution is 0.0696. The number of pyridine rings is 1. The first-order valence-corrected chi connectivity index (χ1v) is 6.78. The number of nitrogens with one attached hydrogen (secondary N) is 1. The van der Waals surface area contributed by atoms with Crippen LogP contribution in [-0.2, 0) is 0 Å². The molecule has 0 amide bonds. The van der Waals surface area contributed by atoms with Gasteiger partial charge >= 0.3 is 5.97 Å². The summed E-state index contributed by atoms with van der Waals surface area (Å²) >= 11 is 0. The van der Waals surface area contributed by atoms with Gasteiger partial charge in [0.15, 0.2) is 0 Å². The highest BCUT2D eigenvalue weighted by molar-refractivity contribution is 6.04. The van der Waals surface area contributed by atoms with Gasteiger partial charge in [-0.1, -0.05) is 24.3 Å². The number of aromatic nitrogens is 1. The fourth-order valence-electron chi connectivity index (χ4n) is 2.54. The van der Waals surface area contributed by atoms with E-state index < -0.39 is 5.97 Å². The molecule has 1 aliphatic rings. The molecule has 0 unspecified atom stereocenters. The highest BCUT2D eigenvalue weighted by Crippen LogP contribution is 2.37. The lowest BCUT2D eigenvalue weighted by atomic mass is 10.1. The number of carboxylic acids is 1. The summed E-state index contributed by atoms with van der Waals surface area (Å²) in [6, 6.07) is 13.2. The van der Waals surface area contributed by atoms with E-state index in [9.17, 15) is 4.79 Å². The smallest absolute Gasteiger partial charge is 0.337 e. The maximum absolute atomic E-state index is 11.1. The number of carbonyl (C=O) groups is 1. The molecule has 106 valence electrons. The van der Waals surface area contributed by atoms with Crippen LogP contribution in [0.25, 0.3) is 10.9 Å². The predicted molar refractivity (Wildman–Crippen MR) is 85.7 cm³/mol.